The molecule has 0 radical (unpaired) electrons. The van der Waals surface area contributed by atoms with Crippen LogP contribution in [-0.4, -0.2) is 37.8 Å². The van der Waals surface area contributed by atoms with Gasteiger partial charge in [0.05, 0.1) is 25.6 Å². The Kier molecular flexibility index (Phi) is 5.18. The SMILES string of the molecule is COc1cccc(N2C(=O)c3ccc4c5ccc6c7c(ccc(c8ccc(c3c48)C2=O)c75)C(=O)N(c2cccc(OC)c2)C6=O)c1. The molecule has 8 heteroatoms. The van der Waals surface area contributed by atoms with E-state index in [0.717, 1.165) is 32.3 Å². The Morgan fingerprint density at radius 2 is 0.739 bits per heavy atom. The molecule has 4 amide bonds. The van der Waals surface area contributed by atoms with Gasteiger partial charge in [-0.2, -0.15) is 0 Å². The molecule has 0 fully saturated rings. The number of ether oxygens (including phenoxy) is 2. The van der Waals surface area contributed by atoms with Crippen LogP contribution < -0.4 is 19.3 Å². The number of nitrogens with zero attached hydrogens (tertiary/aromatic N) is 2. The molecule has 0 saturated heterocycles. The van der Waals surface area contributed by atoms with Gasteiger partial charge in [0.15, 0.2) is 0 Å². The van der Waals surface area contributed by atoms with E-state index in [1.807, 2.05) is 24.3 Å². The largest absolute Gasteiger partial charge is 0.497 e. The van der Waals surface area contributed by atoms with E-state index >= 15 is 0 Å². The Bertz CT molecular complexity index is 2260. The Balaban J connectivity index is 1.29. The number of imide groups is 2. The molecule has 8 nitrogen and oxygen atoms in total. The minimum absolute atomic E-state index is 0.417. The molecule has 2 aliphatic rings. The maximum Gasteiger partial charge on any atom is 0.265 e. The quantitative estimate of drug-likeness (QED) is 0.119. The third-order valence-corrected chi connectivity index (χ3v) is 9.26. The normalized spacial score (nSPS) is 14.4. The molecule has 7 aromatic rings. The van der Waals surface area contributed by atoms with Crippen molar-refractivity contribution >= 4 is 78.1 Å². The van der Waals surface area contributed by atoms with Gasteiger partial charge in [0.1, 0.15) is 11.5 Å². The van der Waals surface area contributed by atoms with Crippen molar-refractivity contribution in [3.8, 4) is 11.5 Å². The van der Waals surface area contributed by atoms with Crippen molar-refractivity contribution in [2.24, 2.45) is 0 Å². The molecule has 2 aliphatic heterocycles. The van der Waals surface area contributed by atoms with Gasteiger partial charge < -0.3 is 9.47 Å². The number of amides is 4. The van der Waals surface area contributed by atoms with Crippen LogP contribution in [0, 0.1) is 0 Å². The summed E-state index contributed by atoms with van der Waals surface area (Å²) in [7, 11) is 3.07. The number of carbonyl (C=O) groups excluding carboxylic acids is 4. The molecule has 2 heterocycles. The average Bonchev–Trinajstić information content (AvgIpc) is 3.09. The molecule has 0 atom stereocenters. The second kappa shape index (κ2) is 9.12. The van der Waals surface area contributed by atoms with E-state index in [9.17, 15) is 19.2 Å². The molecular formula is C38H22N2O6. The first-order valence-electron chi connectivity index (χ1n) is 14.7. The summed E-state index contributed by atoms with van der Waals surface area (Å²) in [4.78, 5) is 58.2. The Hall–Kier alpha value is -6.28. The first-order chi connectivity index (χ1) is 22.4. The lowest BCUT2D eigenvalue weighted by Gasteiger charge is -2.30. The molecule has 0 saturated carbocycles. The lowest BCUT2D eigenvalue weighted by Crippen LogP contribution is -2.40. The highest BCUT2D eigenvalue weighted by Gasteiger charge is 2.38. The van der Waals surface area contributed by atoms with Gasteiger partial charge in [0, 0.05) is 45.2 Å². The topological polar surface area (TPSA) is 93.2 Å². The minimum Gasteiger partial charge on any atom is -0.497 e. The van der Waals surface area contributed by atoms with Crippen LogP contribution in [0.2, 0.25) is 0 Å². The van der Waals surface area contributed by atoms with Crippen molar-refractivity contribution in [1.29, 1.82) is 0 Å². The number of fused-ring (bicyclic) bond motifs is 2. The maximum absolute atomic E-state index is 14.0. The third-order valence-electron chi connectivity index (χ3n) is 9.26. The van der Waals surface area contributed by atoms with E-state index in [2.05, 4.69) is 0 Å². The summed E-state index contributed by atoms with van der Waals surface area (Å²) in [6.07, 6.45) is 0. The van der Waals surface area contributed by atoms with Crippen LogP contribution in [0.25, 0.3) is 43.1 Å². The number of rotatable bonds is 4. The van der Waals surface area contributed by atoms with Crippen molar-refractivity contribution in [2.45, 2.75) is 0 Å². The summed E-state index contributed by atoms with van der Waals surface area (Å²) in [6, 6.07) is 28.3. The monoisotopic (exact) mass is 602 g/mol. The van der Waals surface area contributed by atoms with E-state index in [4.69, 9.17) is 9.47 Å². The van der Waals surface area contributed by atoms with E-state index in [-0.39, 0.29) is 0 Å². The molecule has 220 valence electrons. The minimum atomic E-state index is -0.417. The van der Waals surface area contributed by atoms with Gasteiger partial charge >= 0.3 is 0 Å². The number of anilines is 2. The van der Waals surface area contributed by atoms with E-state index in [1.54, 1.807) is 72.8 Å². The van der Waals surface area contributed by atoms with E-state index in [1.165, 1.54) is 24.0 Å². The van der Waals surface area contributed by atoms with Crippen LogP contribution in [-0.2, 0) is 0 Å². The zero-order valence-electron chi connectivity index (χ0n) is 24.6. The van der Waals surface area contributed by atoms with Crippen LogP contribution in [0.1, 0.15) is 41.4 Å². The predicted octanol–water partition coefficient (Wildman–Crippen LogP) is 7.36. The number of benzene rings is 7. The number of hydrogen-bond acceptors (Lipinski definition) is 6. The van der Waals surface area contributed by atoms with Gasteiger partial charge in [0.25, 0.3) is 23.6 Å². The fourth-order valence-electron chi connectivity index (χ4n) is 7.24. The third kappa shape index (κ3) is 3.22. The smallest absolute Gasteiger partial charge is 0.265 e. The molecule has 9 rings (SSSR count). The highest BCUT2D eigenvalue weighted by molar-refractivity contribution is 6.45. The fraction of sp³-hybridized carbons (Fsp3) is 0.0526. The highest BCUT2D eigenvalue weighted by Crippen LogP contribution is 2.47. The lowest BCUT2D eigenvalue weighted by atomic mass is 9.82. The van der Waals surface area contributed by atoms with Crippen molar-refractivity contribution < 1.29 is 28.7 Å². The van der Waals surface area contributed by atoms with Crippen molar-refractivity contribution in [1.82, 2.24) is 0 Å². The highest BCUT2D eigenvalue weighted by atomic mass is 16.5. The summed E-state index contributed by atoms with van der Waals surface area (Å²) in [5, 5.41) is 6.11. The molecule has 0 aliphatic carbocycles. The molecular weight excluding hydrogens is 580 g/mol. The number of carbonyl (C=O) groups is 4. The second-order valence-electron chi connectivity index (χ2n) is 11.4. The van der Waals surface area contributed by atoms with E-state index < -0.39 is 23.6 Å². The Labute approximate surface area is 261 Å². The van der Waals surface area contributed by atoms with Crippen LogP contribution in [0.4, 0.5) is 11.4 Å². The van der Waals surface area contributed by atoms with Crippen LogP contribution in [0.5, 0.6) is 11.5 Å². The van der Waals surface area contributed by atoms with Gasteiger partial charge in [-0.05, 0) is 80.8 Å². The maximum atomic E-state index is 14.0. The first-order valence-corrected chi connectivity index (χ1v) is 14.7. The van der Waals surface area contributed by atoms with Crippen LogP contribution in [0.15, 0.2) is 97.1 Å². The van der Waals surface area contributed by atoms with E-state index in [0.29, 0.717) is 55.9 Å². The number of methoxy groups -OCH3 is 2. The molecule has 0 spiro atoms. The Morgan fingerprint density at radius 3 is 1.04 bits per heavy atom. The van der Waals surface area contributed by atoms with Gasteiger partial charge in [-0.15, -0.1) is 0 Å². The zero-order chi connectivity index (χ0) is 31.4. The van der Waals surface area contributed by atoms with Crippen molar-refractivity contribution in [3.05, 3.63) is 119 Å². The van der Waals surface area contributed by atoms with Crippen LogP contribution in [0.3, 0.4) is 0 Å². The molecule has 0 aromatic heterocycles. The summed E-state index contributed by atoms with van der Waals surface area (Å²) in [5.41, 5.74) is 2.54. The van der Waals surface area contributed by atoms with Gasteiger partial charge in [-0.3, -0.25) is 19.2 Å². The van der Waals surface area contributed by atoms with Gasteiger partial charge in [-0.1, -0.05) is 36.4 Å². The van der Waals surface area contributed by atoms with Crippen molar-refractivity contribution in [2.75, 3.05) is 24.0 Å². The Morgan fingerprint density at radius 1 is 0.413 bits per heavy atom. The molecule has 7 aromatic carbocycles. The number of hydrogen-bond donors (Lipinski definition) is 0. The predicted molar refractivity (Wildman–Crippen MR) is 176 cm³/mol. The molecule has 0 bridgehead atoms. The summed E-state index contributed by atoms with van der Waals surface area (Å²) >= 11 is 0. The van der Waals surface area contributed by atoms with Gasteiger partial charge in [0.2, 0.25) is 0 Å². The van der Waals surface area contributed by atoms with Crippen molar-refractivity contribution in [3.63, 3.8) is 0 Å². The molecule has 0 N–H and O–H groups in total. The molecule has 46 heavy (non-hydrogen) atoms. The zero-order valence-corrected chi connectivity index (χ0v) is 24.6. The fourth-order valence-corrected chi connectivity index (χ4v) is 7.24. The van der Waals surface area contributed by atoms with Crippen LogP contribution >= 0.6 is 0 Å². The second-order valence-corrected chi connectivity index (χ2v) is 11.4. The lowest BCUT2D eigenvalue weighted by molar-refractivity contribution is 0.0877. The van der Waals surface area contributed by atoms with Gasteiger partial charge in [-0.25, -0.2) is 9.80 Å². The average molecular weight is 603 g/mol. The summed E-state index contributed by atoms with van der Waals surface area (Å²) < 4.78 is 10.7. The standard InChI is InChI=1S/C38H22N2O6/c1-45-21-7-3-5-19(17-21)39-35(41)27-13-9-23-25-11-15-29-34-30(38(44)40(37(29)43)20-6-4-8-22(18-20)46-2)16-12-26(32(25)34)24-10-14-28(36(39)42)33(27)31(23)24/h3-18H,1-2H3. The first kappa shape index (κ1) is 26.2. The summed E-state index contributed by atoms with van der Waals surface area (Å²) in [6.45, 7) is 0. The summed E-state index contributed by atoms with van der Waals surface area (Å²) in [5.74, 6) is -0.596. The molecule has 0 unspecified atom stereocenters.